The maximum Gasteiger partial charge on any atom is 0.404 e. The predicted molar refractivity (Wildman–Crippen MR) is 76.4 cm³/mol. The lowest BCUT2D eigenvalue weighted by atomic mass is 9.84. The molecule has 1 aliphatic rings. The number of nitrogens with one attached hydrogen (secondary N) is 1. The average Bonchev–Trinajstić information content (AvgIpc) is 3.04. The SMILES string of the molecule is CCN(Cc1ccc(Cl)s1)C(=O)C1(C(F)(F)F)CCNC1. The first-order chi connectivity index (χ1) is 9.80. The Kier molecular flexibility index (Phi) is 4.85. The lowest BCUT2D eigenvalue weighted by Crippen LogP contribution is -2.53. The molecule has 0 spiro atoms. The van der Waals surface area contributed by atoms with Gasteiger partial charge in [-0.1, -0.05) is 11.6 Å². The molecule has 1 aromatic heterocycles. The van der Waals surface area contributed by atoms with Crippen LogP contribution in [0.5, 0.6) is 0 Å². The second-order valence-electron chi connectivity index (χ2n) is 5.03. The van der Waals surface area contributed by atoms with E-state index in [2.05, 4.69) is 5.32 Å². The van der Waals surface area contributed by atoms with Crippen molar-refractivity contribution in [2.24, 2.45) is 5.41 Å². The van der Waals surface area contributed by atoms with Crippen molar-refractivity contribution >= 4 is 28.8 Å². The minimum Gasteiger partial charge on any atom is -0.337 e. The smallest absolute Gasteiger partial charge is 0.337 e. The fourth-order valence-corrected chi connectivity index (χ4v) is 3.60. The molecule has 1 fully saturated rings. The molecule has 0 bridgehead atoms. The highest BCUT2D eigenvalue weighted by Crippen LogP contribution is 2.44. The number of thiophene rings is 1. The molecule has 1 N–H and O–H groups in total. The van der Waals surface area contributed by atoms with Gasteiger partial charge in [-0.05, 0) is 32.0 Å². The second kappa shape index (κ2) is 6.14. The summed E-state index contributed by atoms with van der Waals surface area (Å²) >= 11 is 7.09. The van der Waals surface area contributed by atoms with E-state index in [9.17, 15) is 18.0 Å². The summed E-state index contributed by atoms with van der Waals surface area (Å²) in [4.78, 5) is 14.5. The molecule has 1 aliphatic heterocycles. The van der Waals surface area contributed by atoms with Gasteiger partial charge < -0.3 is 10.2 Å². The number of alkyl halides is 3. The summed E-state index contributed by atoms with van der Waals surface area (Å²) < 4.78 is 40.8. The van der Waals surface area contributed by atoms with Crippen molar-refractivity contribution < 1.29 is 18.0 Å². The number of nitrogens with zero attached hydrogens (tertiary/aromatic N) is 1. The number of rotatable bonds is 4. The van der Waals surface area contributed by atoms with Gasteiger partial charge in [0.05, 0.1) is 10.9 Å². The molecule has 0 radical (unpaired) electrons. The lowest BCUT2D eigenvalue weighted by Gasteiger charge is -2.34. The zero-order chi connectivity index (χ0) is 15.7. The Hall–Kier alpha value is -0.790. The van der Waals surface area contributed by atoms with Crippen LogP contribution in [0.3, 0.4) is 0 Å². The van der Waals surface area contributed by atoms with Crippen LogP contribution >= 0.6 is 22.9 Å². The van der Waals surface area contributed by atoms with Gasteiger partial charge in [0.15, 0.2) is 5.41 Å². The zero-order valence-corrected chi connectivity index (χ0v) is 13.0. The van der Waals surface area contributed by atoms with E-state index >= 15 is 0 Å². The monoisotopic (exact) mass is 340 g/mol. The van der Waals surface area contributed by atoms with Gasteiger partial charge in [0.25, 0.3) is 0 Å². The van der Waals surface area contributed by atoms with Crippen LogP contribution in [-0.2, 0) is 11.3 Å². The van der Waals surface area contributed by atoms with Crippen molar-refractivity contribution in [1.82, 2.24) is 10.2 Å². The van der Waals surface area contributed by atoms with E-state index in [0.29, 0.717) is 4.34 Å². The molecule has 2 heterocycles. The highest BCUT2D eigenvalue weighted by atomic mass is 35.5. The minimum absolute atomic E-state index is 0.157. The van der Waals surface area contributed by atoms with Crippen molar-refractivity contribution in [2.75, 3.05) is 19.6 Å². The number of hydrogen-bond donors (Lipinski definition) is 1. The summed E-state index contributed by atoms with van der Waals surface area (Å²) in [6.45, 7) is 1.92. The molecule has 118 valence electrons. The Labute approximate surface area is 130 Å². The third-order valence-electron chi connectivity index (χ3n) is 3.75. The van der Waals surface area contributed by atoms with Crippen molar-refractivity contribution in [3.05, 3.63) is 21.3 Å². The second-order valence-corrected chi connectivity index (χ2v) is 6.83. The molecule has 1 saturated heterocycles. The minimum atomic E-state index is -4.55. The van der Waals surface area contributed by atoms with Crippen LogP contribution in [-0.4, -0.2) is 36.6 Å². The molecule has 0 aromatic carbocycles. The molecule has 21 heavy (non-hydrogen) atoms. The molecule has 8 heteroatoms. The van der Waals surface area contributed by atoms with Crippen LogP contribution in [0.2, 0.25) is 4.34 Å². The maximum atomic E-state index is 13.4. The van der Waals surface area contributed by atoms with Crippen LogP contribution < -0.4 is 5.32 Å². The van der Waals surface area contributed by atoms with E-state index in [1.807, 2.05) is 0 Å². The first-order valence-electron chi connectivity index (χ1n) is 6.61. The molecule has 1 amide bonds. The van der Waals surface area contributed by atoms with Gasteiger partial charge in [0.1, 0.15) is 0 Å². The highest BCUT2D eigenvalue weighted by Gasteiger charge is 2.62. The standard InChI is InChI=1S/C13H16ClF3N2OS/c1-2-19(7-9-3-4-10(14)21-9)11(20)12(13(15,16)17)5-6-18-8-12/h3-4,18H,2,5-8H2,1H3. The fraction of sp³-hybridized carbons (Fsp3) is 0.615. The van der Waals surface area contributed by atoms with E-state index < -0.39 is 17.5 Å². The van der Waals surface area contributed by atoms with Gasteiger partial charge in [0, 0.05) is 18.0 Å². The third kappa shape index (κ3) is 3.19. The molecule has 2 rings (SSSR count). The van der Waals surface area contributed by atoms with Crippen LogP contribution in [0.1, 0.15) is 18.2 Å². The van der Waals surface area contributed by atoms with Crippen LogP contribution in [0, 0.1) is 5.41 Å². The van der Waals surface area contributed by atoms with Crippen LogP contribution in [0.4, 0.5) is 13.2 Å². The van der Waals surface area contributed by atoms with Gasteiger partial charge >= 0.3 is 6.18 Å². The molecular weight excluding hydrogens is 325 g/mol. The molecule has 1 unspecified atom stereocenters. The van der Waals surface area contributed by atoms with E-state index in [0.717, 1.165) is 4.88 Å². The van der Waals surface area contributed by atoms with Gasteiger partial charge in [0.2, 0.25) is 5.91 Å². The zero-order valence-electron chi connectivity index (χ0n) is 11.5. The maximum absolute atomic E-state index is 13.4. The number of carbonyl (C=O) groups excluding carboxylic acids is 1. The van der Waals surface area contributed by atoms with E-state index in [-0.39, 0.29) is 32.6 Å². The lowest BCUT2D eigenvalue weighted by molar-refractivity contribution is -0.222. The quantitative estimate of drug-likeness (QED) is 0.912. The summed E-state index contributed by atoms with van der Waals surface area (Å²) in [5.41, 5.74) is -2.30. The Morgan fingerprint density at radius 1 is 1.52 bits per heavy atom. The summed E-state index contributed by atoms with van der Waals surface area (Å²) in [7, 11) is 0. The van der Waals surface area contributed by atoms with Crippen molar-refractivity contribution in [1.29, 1.82) is 0 Å². The van der Waals surface area contributed by atoms with Crippen molar-refractivity contribution in [3.8, 4) is 0 Å². The Bertz CT molecular complexity index is 512. The number of amides is 1. The molecule has 1 atom stereocenters. The van der Waals surface area contributed by atoms with E-state index in [4.69, 9.17) is 11.6 Å². The normalized spacial score (nSPS) is 22.5. The number of hydrogen-bond acceptors (Lipinski definition) is 3. The predicted octanol–water partition coefficient (Wildman–Crippen LogP) is 3.29. The van der Waals surface area contributed by atoms with Gasteiger partial charge in [-0.2, -0.15) is 13.2 Å². The summed E-state index contributed by atoms with van der Waals surface area (Å²) in [6.07, 6.45) is -4.76. The highest BCUT2D eigenvalue weighted by molar-refractivity contribution is 7.16. The van der Waals surface area contributed by atoms with Gasteiger partial charge in [-0.15, -0.1) is 11.3 Å². The topological polar surface area (TPSA) is 32.3 Å². The van der Waals surface area contributed by atoms with Gasteiger partial charge in [-0.25, -0.2) is 0 Å². The molecule has 1 aromatic rings. The molecule has 0 saturated carbocycles. The molecular formula is C13H16ClF3N2OS. The summed E-state index contributed by atoms with van der Waals surface area (Å²) in [5, 5.41) is 2.66. The first kappa shape index (κ1) is 16.6. The van der Waals surface area contributed by atoms with Crippen LogP contribution in [0.25, 0.3) is 0 Å². The summed E-state index contributed by atoms with van der Waals surface area (Å²) in [5.74, 6) is -0.855. The number of carbonyl (C=O) groups is 1. The Morgan fingerprint density at radius 3 is 2.67 bits per heavy atom. The van der Waals surface area contributed by atoms with E-state index in [1.165, 1.54) is 16.2 Å². The average molecular weight is 341 g/mol. The molecule has 0 aliphatic carbocycles. The Morgan fingerprint density at radius 2 is 2.24 bits per heavy atom. The van der Waals surface area contributed by atoms with Crippen molar-refractivity contribution in [3.63, 3.8) is 0 Å². The Balaban J connectivity index is 2.22. The van der Waals surface area contributed by atoms with E-state index in [1.54, 1.807) is 19.1 Å². The van der Waals surface area contributed by atoms with Gasteiger partial charge in [-0.3, -0.25) is 4.79 Å². The molecule has 3 nitrogen and oxygen atoms in total. The largest absolute Gasteiger partial charge is 0.404 e. The van der Waals surface area contributed by atoms with Crippen LogP contribution in [0.15, 0.2) is 12.1 Å². The van der Waals surface area contributed by atoms with Crippen molar-refractivity contribution in [2.45, 2.75) is 26.1 Å². The number of halogens is 4. The fourth-order valence-electron chi connectivity index (χ4n) is 2.49. The third-order valence-corrected chi connectivity index (χ3v) is 4.97. The summed E-state index contributed by atoms with van der Waals surface area (Å²) in [6, 6.07) is 3.41. The first-order valence-corrected chi connectivity index (χ1v) is 7.80.